The van der Waals surface area contributed by atoms with Gasteiger partial charge in [0.05, 0.1) is 17.3 Å². The molecule has 0 spiro atoms. The summed E-state index contributed by atoms with van der Waals surface area (Å²) in [6.07, 6.45) is 2.84. The normalized spacial score (nSPS) is 22.3. The van der Waals surface area contributed by atoms with Crippen LogP contribution in [0.4, 0.5) is 0 Å². The Bertz CT molecular complexity index is 682. The summed E-state index contributed by atoms with van der Waals surface area (Å²) in [6, 6.07) is 6.30. The molecule has 2 saturated heterocycles. The van der Waals surface area contributed by atoms with E-state index in [1.807, 2.05) is 23.1 Å². The van der Waals surface area contributed by atoms with Crippen molar-refractivity contribution in [3.05, 3.63) is 30.0 Å². The molecule has 2 aliphatic heterocycles. The molecule has 1 aromatic carbocycles. The molecule has 124 valence electrons. The Balaban J connectivity index is 0.00000156. The van der Waals surface area contributed by atoms with Crippen LogP contribution in [0.15, 0.2) is 24.4 Å². The minimum atomic E-state index is 0. The molecule has 0 radical (unpaired) electrons. The summed E-state index contributed by atoms with van der Waals surface area (Å²) in [6.45, 7) is 5.96. The Kier molecular flexibility index (Phi) is 4.84. The quantitative estimate of drug-likeness (QED) is 0.863. The topological polar surface area (TPSA) is 64.3 Å². The number of piperazine rings is 1. The smallest absolute Gasteiger partial charge is 0.256 e. The number of rotatable bonds is 2. The molecule has 4 rings (SSSR count). The molecule has 2 N–H and O–H groups in total. The van der Waals surface area contributed by atoms with E-state index in [1.165, 1.54) is 0 Å². The number of halogens is 1. The number of benzene rings is 1. The molecular weight excluding hydrogens is 314 g/mol. The van der Waals surface area contributed by atoms with Crippen LogP contribution in [0.25, 0.3) is 10.9 Å². The molecule has 1 amide bonds. The van der Waals surface area contributed by atoms with E-state index in [4.69, 9.17) is 0 Å². The van der Waals surface area contributed by atoms with Gasteiger partial charge in [-0.3, -0.25) is 14.8 Å². The number of hydrogen-bond acceptors (Lipinski definition) is 4. The molecule has 3 heterocycles. The lowest BCUT2D eigenvalue weighted by atomic mass is 10.1. The molecule has 2 aromatic rings. The van der Waals surface area contributed by atoms with Crippen LogP contribution in [-0.4, -0.2) is 71.2 Å². The number of carbonyl (C=O) groups excluding carboxylic acids is 1. The van der Waals surface area contributed by atoms with E-state index in [-0.39, 0.29) is 18.3 Å². The fourth-order valence-electron chi connectivity index (χ4n) is 3.59. The second-order valence-electron chi connectivity index (χ2n) is 6.12. The van der Waals surface area contributed by atoms with Gasteiger partial charge in [0, 0.05) is 50.7 Å². The summed E-state index contributed by atoms with van der Waals surface area (Å²) in [5, 5.41) is 11.4. The van der Waals surface area contributed by atoms with Gasteiger partial charge in [-0.05, 0) is 12.5 Å². The number of nitrogens with one attached hydrogen (secondary N) is 2. The Morgan fingerprint density at radius 1 is 1.22 bits per heavy atom. The third kappa shape index (κ3) is 3.06. The second-order valence-corrected chi connectivity index (χ2v) is 6.12. The van der Waals surface area contributed by atoms with Crippen LogP contribution in [0.3, 0.4) is 0 Å². The molecule has 2 fully saturated rings. The Hall–Kier alpha value is -1.63. The number of nitrogens with zero attached hydrogens (tertiary/aromatic N) is 3. The molecule has 7 heteroatoms. The van der Waals surface area contributed by atoms with Gasteiger partial charge in [0.25, 0.3) is 5.91 Å². The maximum Gasteiger partial charge on any atom is 0.256 e. The largest absolute Gasteiger partial charge is 0.337 e. The fourth-order valence-corrected chi connectivity index (χ4v) is 3.59. The fraction of sp³-hybridized carbons (Fsp3) is 0.500. The number of fused-ring (bicyclic) bond motifs is 1. The van der Waals surface area contributed by atoms with Gasteiger partial charge in [-0.25, -0.2) is 0 Å². The van der Waals surface area contributed by atoms with Crippen LogP contribution >= 0.6 is 12.4 Å². The third-order valence-corrected chi connectivity index (χ3v) is 4.83. The number of likely N-dealkylation sites (tertiary alicyclic amines) is 1. The van der Waals surface area contributed by atoms with Crippen LogP contribution in [0.1, 0.15) is 16.8 Å². The maximum absolute atomic E-state index is 12.8. The number of carbonyl (C=O) groups is 1. The number of hydrogen-bond donors (Lipinski definition) is 2. The van der Waals surface area contributed by atoms with E-state index in [0.29, 0.717) is 6.04 Å². The minimum Gasteiger partial charge on any atom is -0.337 e. The predicted octanol–water partition coefficient (Wildman–Crippen LogP) is 1.10. The van der Waals surface area contributed by atoms with Crippen LogP contribution in [0.2, 0.25) is 0 Å². The molecule has 0 saturated carbocycles. The summed E-state index contributed by atoms with van der Waals surface area (Å²) in [5.74, 6) is 0.118. The highest BCUT2D eigenvalue weighted by atomic mass is 35.5. The first-order valence-corrected chi connectivity index (χ1v) is 7.99. The lowest BCUT2D eigenvalue weighted by Gasteiger charge is -2.32. The average molecular weight is 336 g/mol. The van der Waals surface area contributed by atoms with Gasteiger partial charge in [-0.2, -0.15) is 5.10 Å². The Labute approximate surface area is 141 Å². The lowest BCUT2D eigenvalue weighted by Crippen LogP contribution is -2.49. The van der Waals surface area contributed by atoms with Gasteiger partial charge in [0.1, 0.15) is 0 Å². The van der Waals surface area contributed by atoms with Crippen molar-refractivity contribution in [1.82, 2.24) is 25.3 Å². The zero-order valence-corrected chi connectivity index (χ0v) is 13.8. The van der Waals surface area contributed by atoms with Gasteiger partial charge in [0.15, 0.2) is 0 Å². The van der Waals surface area contributed by atoms with E-state index >= 15 is 0 Å². The molecule has 0 bridgehead atoms. The van der Waals surface area contributed by atoms with Crippen molar-refractivity contribution < 1.29 is 4.79 Å². The molecule has 6 nitrogen and oxygen atoms in total. The number of para-hydroxylation sites is 1. The summed E-state index contributed by atoms with van der Waals surface area (Å²) in [5.41, 5.74) is 1.58. The zero-order valence-electron chi connectivity index (χ0n) is 13.0. The van der Waals surface area contributed by atoms with E-state index < -0.39 is 0 Å². The molecule has 2 aliphatic rings. The summed E-state index contributed by atoms with van der Waals surface area (Å²) in [7, 11) is 0. The van der Waals surface area contributed by atoms with Crippen molar-refractivity contribution in [1.29, 1.82) is 0 Å². The highest BCUT2D eigenvalue weighted by molar-refractivity contribution is 6.05. The molecular formula is C16H22ClN5O. The van der Waals surface area contributed by atoms with E-state index in [1.54, 1.807) is 6.20 Å². The SMILES string of the molecule is Cl.O=C(c1cccc2cn[nH]c12)N1CCC(N2CCNCC2)C1. The van der Waals surface area contributed by atoms with Gasteiger partial charge < -0.3 is 10.2 Å². The monoisotopic (exact) mass is 335 g/mol. The maximum atomic E-state index is 12.8. The minimum absolute atomic E-state index is 0. The summed E-state index contributed by atoms with van der Waals surface area (Å²) < 4.78 is 0. The number of amides is 1. The van der Waals surface area contributed by atoms with Crippen molar-refractivity contribution in [2.75, 3.05) is 39.3 Å². The molecule has 1 atom stereocenters. The van der Waals surface area contributed by atoms with E-state index in [2.05, 4.69) is 20.4 Å². The average Bonchev–Trinajstić information content (AvgIpc) is 3.24. The van der Waals surface area contributed by atoms with Gasteiger partial charge >= 0.3 is 0 Å². The molecule has 23 heavy (non-hydrogen) atoms. The lowest BCUT2D eigenvalue weighted by molar-refractivity contribution is 0.0775. The van der Waals surface area contributed by atoms with Crippen molar-refractivity contribution in [2.45, 2.75) is 12.5 Å². The van der Waals surface area contributed by atoms with Gasteiger partial charge in [-0.15, -0.1) is 12.4 Å². The van der Waals surface area contributed by atoms with Crippen LogP contribution in [0.5, 0.6) is 0 Å². The Morgan fingerprint density at radius 2 is 2.04 bits per heavy atom. The first kappa shape index (κ1) is 16.2. The second kappa shape index (κ2) is 6.86. The van der Waals surface area contributed by atoms with Crippen LogP contribution in [-0.2, 0) is 0 Å². The number of aromatic nitrogens is 2. The first-order valence-electron chi connectivity index (χ1n) is 7.99. The highest BCUT2D eigenvalue weighted by Crippen LogP contribution is 2.22. The first-order chi connectivity index (χ1) is 10.8. The highest BCUT2D eigenvalue weighted by Gasteiger charge is 2.31. The number of H-pyrrole nitrogens is 1. The summed E-state index contributed by atoms with van der Waals surface area (Å²) in [4.78, 5) is 17.3. The Morgan fingerprint density at radius 3 is 2.87 bits per heavy atom. The molecule has 0 aliphatic carbocycles. The van der Waals surface area contributed by atoms with E-state index in [9.17, 15) is 4.79 Å². The predicted molar refractivity (Wildman–Crippen MR) is 92.1 cm³/mol. The van der Waals surface area contributed by atoms with Gasteiger partial charge in [-0.1, -0.05) is 12.1 Å². The van der Waals surface area contributed by atoms with Crippen molar-refractivity contribution in [3.8, 4) is 0 Å². The molecule has 1 unspecified atom stereocenters. The van der Waals surface area contributed by atoms with Gasteiger partial charge in [0.2, 0.25) is 0 Å². The number of aromatic amines is 1. The van der Waals surface area contributed by atoms with Crippen molar-refractivity contribution in [2.24, 2.45) is 0 Å². The van der Waals surface area contributed by atoms with Crippen molar-refractivity contribution in [3.63, 3.8) is 0 Å². The third-order valence-electron chi connectivity index (χ3n) is 4.83. The van der Waals surface area contributed by atoms with Crippen LogP contribution in [0, 0.1) is 0 Å². The van der Waals surface area contributed by atoms with E-state index in [0.717, 1.165) is 62.2 Å². The standard InChI is InChI=1S/C16H21N5O.ClH/c22-16(14-3-1-2-12-10-18-19-15(12)14)21-7-4-13(11-21)20-8-5-17-6-9-20;/h1-3,10,13,17H,4-9,11H2,(H,18,19);1H. The zero-order chi connectivity index (χ0) is 14.9. The summed E-state index contributed by atoms with van der Waals surface area (Å²) >= 11 is 0. The molecule has 1 aromatic heterocycles. The van der Waals surface area contributed by atoms with Crippen LogP contribution < -0.4 is 5.32 Å². The van der Waals surface area contributed by atoms with Crippen molar-refractivity contribution >= 4 is 29.2 Å².